The SMILES string of the molecule is CNc1nc2scc(-c3ccc(C)o3)n2n1. The first-order valence-electron chi connectivity index (χ1n) is 4.87. The average Bonchev–Trinajstić information content (AvgIpc) is 2.91. The van der Waals surface area contributed by atoms with Gasteiger partial charge in [-0.1, -0.05) is 0 Å². The van der Waals surface area contributed by atoms with Crippen molar-refractivity contribution in [3.8, 4) is 11.5 Å². The predicted molar refractivity (Wildman–Crippen MR) is 62.8 cm³/mol. The van der Waals surface area contributed by atoms with Crippen molar-refractivity contribution in [3.05, 3.63) is 23.3 Å². The minimum Gasteiger partial charge on any atom is -0.460 e. The van der Waals surface area contributed by atoms with Gasteiger partial charge in [0.05, 0.1) is 0 Å². The van der Waals surface area contributed by atoms with E-state index in [0.717, 1.165) is 22.2 Å². The van der Waals surface area contributed by atoms with Crippen molar-refractivity contribution >= 4 is 22.2 Å². The summed E-state index contributed by atoms with van der Waals surface area (Å²) in [6.45, 7) is 1.92. The highest BCUT2D eigenvalue weighted by atomic mass is 32.1. The smallest absolute Gasteiger partial charge is 0.243 e. The standard InChI is InChI=1S/C10H10N4OS/c1-6-3-4-8(15-6)7-5-16-10-12-9(11-2)13-14(7)10/h3-5H,1-2H3,(H,11,13). The minimum atomic E-state index is 0.622. The number of thiazole rings is 1. The van der Waals surface area contributed by atoms with E-state index in [1.54, 1.807) is 22.9 Å². The Morgan fingerprint density at radius 2 is 2.31 bits per heavy atom. The average molecular weight is 234 g/mol. The number of nitrogens with one attached hydrogen (secondary N) is 1. The summed E-state index contributed by atoms with van der Waals surface area (Å²) in [7, 11) is 1.80. The highest BCUT2D eigenvalue weighted by Crippen LogP contribution is 2.27. The largest absolute Gasteiger partial charge is 0.460 e. The summed E-state index contributed by atoms with van der Waals surface area (Å²) >= 11 is 1.54. The molecule has 0 saturated heterocycles. The summed E-state index contributed by atoms with van der Waals surface area (Å²) < 4.78 is 7.36. The van der Waals surface area contributed by atoms with Crippen LogP contribution in [0.5, 0.6) is 0 Å². The zero-order valence-corrected chi connectivity index (χ0v) is 9.71. The van der Waals surface area contributed by atoms with Crippen molar-refractivity contribution in [2.45, 2.75) is 6.92 Å². The molecule has 0 atom stereocenters. The third-order valence-electron chi connectivity index (χ3n) is 2.30. The summed E-state index contributed by atoms with van der Waals surface area (Å²) in [5.41, 5.74) is 0.933. The Labute approximate surface area is 95.7 Å². The molecular weight excluding hydrogens is 224 g/mol. The molecule has 3 aromatic heterocycles. The second kappa shape index (κ2) is 3.34. The van der Waals surface area contributed by atoms with Gasteiger partial charge < -0.3 is 9.73 Å². The summed E-state index contributed by atoms with van der Waals surface area (Å²) in [5.74, 6) is 2.33. The number of hydrogen-bond acceptors (Lipinski definition) is 5. The number of rotatable bonds is 2. The van der Waals surface area contributed by atoms with Gasteiger partial charge in [0.2, 0.25) is 10.9 Å². The monoisotopic (exact) mass is 234 g/mol. The van der Waals surface area contributed by atoms with Crippen LogP contribution >= 0.6 is 11.3 Å². The van der Waals surface area contributed by atoms with Crippen molar-refractivity contribution in [2.24, 2.45) is 0 Å². The molecule has 0 aliphatic rings. The summed E-state index contributed by atoms with van der Waals surface area (Å²) in [5, 5.41) is 9.23. The van der Waals surface area contributed by atoms with Crippen LogP contribution < -0.4 is 5.32 Å². The van der Waals surface area contributed by atoms with Crippen LogP contribution in [0.3, 0.4) is 0 Å². The predicted octanol–water partition coefficient (Wildman–Crippen LogP) is 2.40. The molecule has 3 aromatic rings. The number of fused-ring (bicyclic) bond motifs is 1. The van der Waals surface area contributed by atoms with Crippen LogP contribution in [0.1, 0.15) is 5.76 Å². The maximum atomic E-state index is 5.58. The van der Waals surface area contributed by atoms with E-state index in [9.17, 15) is 0 Å². The Bertz CT molecular complexity index is 636. The van der Waals surface area contributed by atoms with E-state index in [-0.39, 0.29) is 0 Å². The molecule has 0 saturated carbocycles. The third-order valence-corrected chi connectivity index (χ3v) is 3.11. The molecule has 0 amide bonds. The fourth-order valence-corrected chi connectivity index (χ4v) is 2.34. The van der Waals surface area contributed by atoms with Gasteiger partial charge in [-0.2, -0.15) is 9.50 Å². The van der Waals surface area contributed by atoms with Crippen LogP contribution in [-0.2, 0) is 0 Å². The lowest BCUT2D eigenvalue weighted by Gasteiger charge is -1.92. The van der Waals surface area contributed by atoms with Gasteiger partial charge in [0, 0.05) is 12.4 Å². The number of anilines is 1. The molecular formula is C10H10N4OS. The first kappa shape index (κ1) is 9.41. The molecule has 0 fully saturated rings. The van der Waals surface area contributed by atoms with E-state index in [2.05, 4.69) is 15.4 Å². The lowest BCUT2D eigenvalue weighted by molar-refractivity contribution is 0.545. The van der Waals surface area contributed by atoms with Gasteiger partial charge in [-0.25, -0.2) is 0 Å². The Kier molecular flexibility index (Phi) is 1.97. The van der Waals surface area contributed by atoms with E-state index in [0.29, 0.717) is 5.95 Å². The topological polar surface area (TPSA) is 55.4 Å². The van der Waals surface area contributed by atoms with Gasteiger partial charge in [0.25, 0.3) is 0 Å². The van der Waals surface area contributed by atoms with Crippen LogP contribution in [0.25, 0.3) is 16.4 Å². The molecule has 0 radical (unpaired) electrons. The Hall–Kier alpha value is -1.82. The molecule has 0 unspecified atom stereocenters. The van der Waals surface area contributed by atoms with Crippen LogP contribution in [0.15, 0.2) is 21.9 Å². The van der Waals surface area contributed by atoms with Crippen molar-refractivity contribution < 1.29 is 4.42 Å². The van der Waals surface area contributed by atoms with E-state index >= 15 is 0 Å². The molecule has 3 heterocycles. The molecule has 0 spiro atoms. The Morgan fingerprint density at radius 1 is 1.44 bits per heavy atom. The Morgan fingerprint density at radius 3 is 3.00 bits per heavy atom. The number of nitrogens with zero attached hydrogens (tertiary/aromatic N) is 3. The first-order chi connectivity index (χ1) is 7.78. The highest BCUT2D eigenvalue weighted by Gasteiger charge is 2.12. The van der Waals surface area contributed by atoms with E-state index in [1.165, 1.54) is 0 Å². The van der Waals surface area contributed by atoms with Gasteiger partial charge in [-0.3, -0.25) is 0 Å². The molecule has 16 heavy (non-hydrogen) atoms. The molecule has 0 aliphatic carbocycles. The summed E-state index contributed by atoms with van der Waals surface area (Å²) in [6, 6.07) is 3.88. The quantitative estimate of drug-likeness (QED) is 0.739. The minimum absolute atomic E-state index is 0.622. The molecule has 0 bridgehead atoms. The van der Waals surface area contributed by atoms with Crippen molar-refractivity contribution in [2.75, 3.05) is 12.4 Å². The lowest BCUT2D eigenvalue weighted by Crippen LogP contribution is -1.92. The van der Waals surface area contributed by atoms with Crippen molar-refractivity contribution in [1.29, 1.82) is 0 Å². The van der Waals surface area contributed by atoms with E-state index in [1.807, 2.05) is 24.4 Å². The van der Waals surface area contributed by atoms with Crippen LogP contribution in [0.4, 0.5) is 5.95 Å². The van der Waals surface area contributed by atoms with Crippen molar-refractivity contribution in [3.63, 3.8) is 0 Å². The first-order valence-corrected chi connectivity index (χ1v) is 5.75. The number of hydrogen-bond donors (Lipinski definition) is 1. The zero-order valence-electron chi connectivity index (χ0n) is 8.89. The molecule has 3 rings (SSSR count). The van der Waals surface area contributed by atoms with Crippen molar-refractivity contribution in [1.82, 2.24) is 14.6 Å². The molecule has 6 heteroatoms. The number of furan rings is 1. The maximum absolute atomic E-state index is 5.58. The van der Waals surface area contributed by atoms with Crippen LogP contribution in [-0.4, -0.2) is 21.6 Å². The number of aromatic nitrogens is 3. The van der Waals surface area contributed by atoms with Crippen LogP contribution in [0, 0.1) is 6.92 Å². The summed E-state index contributed by atoms with van der Waals surface area (Å²) in [4.78, 5) is 5.16. The molecule has 5 nitrogen and oxygen atoms in total. The van der Waals surface area contributed by atoms with Gasteiger partial charge in [0.15, 0.2) is 5.76 Å². The fourth-order valence-electron chi connectivity index (χ4n) is 1.53. The fraction of sp³-hybridized carbons (Fsp3) is 0.200. The lowest BCUT2D eigenvalue weighted by atomic mass is 10.4. The van der Waals surface area contributed by atoms with Gasteiger partial charge in [0.1, 0.15) is 11.5 Å². The maximum Gasteiger partial charge on any atom is 0.243 e. The van der Waals surface area contributed by atoms with E-state index in [4.69, 9.17) is 4.42 Å². The molecule has 82 valence electrons. The van der Waals surface area contributed by atoms with E-state index < -0.39 is 0 Å². The van der Waals surface area contributed by atoms with Gasteiger partial charge >= 0.3 is 0 Å². The summed E-state index contributed by atoms with van der Waals surface area (Å²) in [6.07, 6.45) is 0. The normalized spacial score (nSPS) is 11.1. The molecule has 0 aromatic carbocycles. The number of aryl methyl sites for hydroxylation is 1. The van der Waals surface area contributed by atoms with Crippen LogP contribution in [0.2, 0.25) is 0 Å². The molecule has 1 N–H and O–H groups in total. The third kappa shape index (κ3) is 1.30. The zero-order chi connectivity index (χ0) is 11.1. The van der Waals surface area contributed by atoms with Gasteiger partial charge in [-0.05, 0) is 19.1 Å². The second-order valence-electron chi connectivity index (χ2n) is 3.41. The van der Waals surface area contributed by atoms with Gasteiger partial charge in [-0.15, -0.1) is 16.4 Å². The second-order valence-corrected chi connectivity index (χ2v) is 4.25. The highest BCUT2D eigenvalue weighted by molar-refractivity contribution is 7.15. The Balaban J connectivity index is 2.19. The molecule has 0 aliphatic heterocycles.